The van der Waals surface area contributed by atoms with Crippen LogP contribution in [0.5, 0.6) is 11.5 Å². The third kappa shape index (κ3) is 5.69. The first-order chi connectivity index (χ1) is 15.0. The lowest BCUT2D eigenvalue weighted by molar-refractivity contribution is -0.132. The van der Waals surface area contributed by atoms with Crippen LogP contribution < -0.4 is 14.8 Å². The number of nitrogens with zero attached hydrogens (tertiary/aromatic N) is 2. The van der Waals surface area contributed by atoms with E-state index in [2.05, 4.69) is 5.32 Å². The molecule has 1 atom stereocenters. The average molecular weight is 426 g/mol. The Hall–Kier alpha value is -3.22. The molecule has 1 fully saturated rings. The highest BCUT2D eigenvalue weighted by Gasteiger charge is 2.31. The lowest BCUT2D eigenvalue weighted by Crippen LogP contribution is -2.39. The Labute approximate surface area is 183 Å². The Bertz CT molecular complexity index is 888. The van der Waals surface area contributed by atoms with Gasteiger partial charge in [0.05, 0.1) is 20.3 Å². The van der Waals surface area contributed by atoms with Crippen LogP contribution in [-0.4, -0.2) is 56.1 Å². The molecular weight excluding hydrogens is 394 g/mol. The third-order valence-corrected chi connectivity index (χ3v) is 5.60. The molecule has 1 aliphatic heterocycles. The van der Waals surface area contributed by atoms with Crippen LogP contribution in [0.25, 0.3) is 0 Å². The van der Waals surface area contributed by atoms with E-state index >= 15 is 0 Å². The summed E-state index contributed by atoms with van der Waals surface area (Å²) in [7, 11) is 4.99. The van der Waals surface area contributed by atoms with E-state index in [1.54, 1.807) is 26.2 Å². The highest BCUT2D eigenvalue weighted by Crippen LogP contribution is 2.38. The normalized spacial score (nSPS) is 15.5. The van der Waals surface area contributed by atoms with Gasteiger partial charge in [0.1, 0.15) is 11.5 Å². The number of methoxy groups -OCH3 is 2. The molecule has 0 bridgehead atoms. The molecule has 1 unspecified atom stereocenters. The zero-order valence-corrected chi connectivity index (χ0v) is 18.5. The maximum Gasteiger partial charge on any atom is 0.317 e. The van der Waals surface area contributed by atoms with Crippen molar-refractivity contribution in [3.8, 4) is 11.5 Å². The fourth-order valence-corrected chi connectivity index (χ4v) is 3.97. The van der Waals surface area contributed by atoms with Crippen LogP contribution in [-0.2, 0) is 11.3 Å². The molecule has 0 aliphatic carbocycles. The lowest BCUT2D eigenvalue weighted by Gasteiger charge is -2.27. The molecule has 31 heavy (non-hydrogen) atoms. The fourth-order valence-electron chi connectivity index (χ4n) is 3.97. The maximum atomic E-state index is 12.9. The smallest absolute Gasteiger partial charge is 0.317 e. The monoisotopic (exact) mass is 425 g/mol. The first kappa shape index (κ1) is 22.5. The minimum Gasteiger partial charge on any atom is -0.497 e. The topological polar surface area (TPSA) is 71.1 Å². The third-order valence-electron chi connectivity index (χ3n) is 5.60. The molecule has 1 N–H and O–H groups in total. The summed E-state index contributed by atoms with van der Waals surface area (Å²) in [6.45, 7) is 1.53. The van der Waals surface area contributed by atoms with Crippen LogP contribution in [0.2, 0.25) is 0 Å². The van der Waals surface area contributed by atoms with Gasteiger partial charge in [0.2, 0.25) is 5.91 Å². The Kier molecular flexibility index (Phi) is 7.76. The van der Waals surface area contributed by atoms with Gasteiger partial charge in [0, 0.05) is 44.7 Å². The van der Waals surface area contributed by atoms with Gasteiger partial charge in [-0.2, -0.15) is 0 Å². The molecule has 166 valence electrons. The number of urea groups is 1. The number of amides is 3. The van der Waals surface area contributed by atoms with Crippen molar-refractivity contribution in [2.75, 3.05) is 34.4 Å². The summed E-state index contributed by atoms with van der Waals surface area (Å²) in [5.74, 6) is 1.48. The number of carbonyl (C=O) groups is 2. The zero-order valence-electron chi connectivity index (χ0n) is 18.5. The minimum absolute atomic E-state index is 0.0233. The number of hydrogen-bond donors (Lipinski definition) is 1. The molecule has 0 aromatic heterocycles. The molecule has 2 aromatic carbocycles. The summed E-state index contributed by atoms with van der Waals surface area (Å²) < 4.78 is 10.8. The van der Waals surface area contributed by atoms with Crippen LogP contribution >= 0.6 is 0 Å². The summed E-state index contributed by atoms with van der Waals surface area (Å²) in [6.07, 6.45) is 2.10. The Morgan fingerprint density at radius 2 is 1.90 bits per heavy atom. The maximum absolute atomic E-state index is 12.9. The highest BCUT2D eigenvalue weighted by atomic mass is 16.5. The zero-order chi connectivity index (χ0) is 22.2. The molecule has 3 rings (SSSR count). The number of ether oxygens (including phenoxy) is 2. The molecular formula is C24H31N3O4. The minimum atomic E-state index is -0.188. The first-order valence-corrected chi connectivity index (χ1v) is 10.6. The number of carbonyl (C=O) groups excluding carboxylic acids is 2. The summed E-state index contributed by atoms with van der Waals surface area (Å²) in [5, 5.41) is 2.85. The van der Waals surface area contributed by atoms with Gasteiger partial charge in [-0.3, -0.25) is 4.79 Å². The fraction of sp³-hybridized carbons (Fsp3) is 0.417. The van der Waals surface area contributed by atoms with Gasteiger partial charge in [0.25, 0.3) is 0 Å². The van der Waals surface area contributed by atoms with Crippen LogP contribution in [0.4, 0.5) is 4.79 Å². The van der Waals surface area contributed by atoms with E-state index in [0.29, 0.717) is 19.6 Å². The van der Waals surface area contributed by atoms with E-state index in [1.807, 2.05) is 53.4 Å². The Balaban J connectivity index is 1.53. The second-order valence-electron chi connectivity index (χ2n) is 7.68. The van der Waals surface area contributed by atoms with E-state index in [1.165, 1.54) is 0 Å². The van der Waals surface area contributed by atoms with Crippen LogP contribution in [0.3, 0.4) is 0 Å². The second kappa shape index (κ2) is 10.7. The van der Waals surface area contributed by atoms with Crippen molar-refractivity contribution in [3.05, 3.63) is 59.7 Å². The molecule has 0 radical (unpaired) electrons. The molecule has 1 saturated heterocycles. The van der Waals surface area contributed by atoms with Crippen molar-refractivity contribution >= 4 is 11.9 Å². The summed E-state index contributed by atoms with van der Waals surface area (Å²) >= 11 is 0. The largest absolute Gasteiger partial charge is 0.497 e. The van der Waals surface area contributed by atoms with Gasteiger partial charge in [-0.1, -0.05) is 30.3 Å². The average Bonchev–Trinajstić information content (AvgIpc) is 3.28. The number of hydrogen-bond acceptors (Lipinski definition) is 4. The molecule has 1 aliphatic rings. The van der Waals surface area contributed by atoms with E-state index in [9.17, 15) is 9.59 Å². The number of benzene rings is 2. The predicted molar refractivity (Wildman–Crippen MR) is 119 cm³/mol. The van der Waals surface area contributed by atoms with Crippen molar-refractivity contribution in [1.29, 1.82) is 0 Å². The SMILES string of the molecule is COc1ccc(C2CCCN2C(=O)CCNC(=O)N(C)Cc2ccccc2)c(OC)c1. The van der Waals surface area contributed by atoms with E-state index in [0.717, 1.165) is 35.5 Å². The number of nitrogens with one attached hydrogen (secondary N) is 1. The standard InChI is InChI=1S/C24H31N3O4/c1-26(17-18-8-5-4-6-9-18)24(29)25-14-13-23(28)27-15-7-10-21(27)20-12-11-19(30-2)16-22(20)31-3/h4-6,8-9,11-12,16,21H,7,10,13-15,17H2,1-3H3,(H,25,29). The van der Waals surface area contributed by atoms with Crippen LogP contribution in [0.15, 0.2) is 48.5 Å². The van der Waals surface area contributed by atoms with Crippen molar-refractivity contribution in [2.45, 2.75) is 31.8 Å². The highest BCUT2D eigenvalue weighted by molar-refractivity contribution is 5.79. The van der Waals surface area contributed by atoms with Gasteiger partial charge in [-0.05, 0) is 30.5 Å². The number of likely N-dealkylation sites (tertiary alicyclic amines) is 1. The molecule has 3 amide bonds. The van der Waals surface area contributed by atoms with Crippen molar-refractivity contribution in [1.82, 2.24) is 15.1 Å². The van der Waals surface area contributed by atoms with E-state index in [4.69, 9.17) is 9.47 Å². The van der Waals surface area contributed by atoms with Crippen molar-refractivity contribution in [2.24, 2.45) is 0 Å². The molecule has 0 spiro atoms. The van der Waals surface area contributed by atoms with Gasteiger partial charge < -0.3 is 24.6 Å². The van der Waals surface area contributed by atoms with Crippen molar-refractivity contribution < 1.29 is 19.1 Å². The van der Waals surface area contributed by atoms with Crippen LogP contribution in [0, 0.1) is 0 Å². The Morgan fingerprint density at radius 3 is 2.61 bits per heavy atom. The Morgan fingerprint density at radius 1 is 1.13 bits per heavy atom. The quantitative estimate of drug-likeness (QED) is 0.702. The molecule has 1 heterocycles. The van der Waals surface area contributed by atoms with Gasteiger partial charge in [-0.15, -0.1) is 0 Å². The molecule has 2 aromatic rings. The van der Waals surface area contributed by atoms with Gasteiger partial charge in [-0.25, -0.2) is 4.79 Å². The van der Waals surface area contributed by atoms with Gasteiger partial charge >= 0.3 is 6.03 Å². The van der Waals surface area contributed by atoms with Crippen LogP contribution in [0.1, 0.15) is 36.4 Å². The van der Waals surface area contributed by atoms with E-state index < -0.39 is 0 Å². The second-order valence-corrected chi connectivity index (χ2v) is 7.68. The molecule has 7 heteroatoms. The first-order valence-electron chi connectivity index (χ1n) is 10.6. The number of rotatable bonds is 8. The summed E-state index contributed by atoms with van der Waals surface area (Å²) in [5.41, 5.74) is 2.05. The molecule has 0 saturated carbocycles. The summed E-state index contributed by atoms with van der Waals surface area (Å²) in [6, 6.07) is 15.3. The van der Waals surface area contributed by atoms with Crippen molar-refractivity contribution in [3.63, 3.8) is 0 Å². The lowest BCUT2D eigenvalue weighted by atomic mass is 10.0. The van der Waals surface area contributed by atoms with Gasteiger partial charge in [0.15, 0.2) is 0 Å². The predicted octanol–water partition coefficient (Wildman–Crippen LogP) is 3.60. The van der Waals surface area contributed by atoms with E-state index in [-0.39, 0.29) is 24.4 Å². The summed E-state index contributed by atoms with van der Waals surface area (Å²) in [4.78, 5) is 28.7. The molecule has 7 nitrogen and oxygen atoms in total.